The van der Waals surface area contributed by atoms with Gasteiger partial charge in [0.25, 0.3) is 0 Å². The molecule has 0 unspecified atom stereocenters. The standard InChI is InChI=1S/C11H14N4O/c1-14(8-9-6-4-3-5-7-9)10-12-13-11(16)15(10)2/h3-7H,8H2,1-2H3,(H,13,16). The van der Waals surface area contributed by atoms with E-state index in [0.717, 1.165) is 6.54 Å². The molecule has 0 saturated heterocycles. The largest absolute Gasteiger partial charge is 0.344 e. The molecule has 16 heavy (non-hydrogen) atoms. The molecule has 0 amide bonds. The minimum Gasteiger partial charge on any atom is -0.340 e. The molecule has 0 aliphatic carbocycles. The quantitative estimate of drug-likeness (QED) is 0.827. The third-order valence-electron chi connectivity index (χ3n) is 2.46. The molecule has 1 heterocycles. The normalized spacial score (nSPS) is 10.4. The second-order valence-electron chi connectivity index (χ2n) is 3.73. The lowest BCUT2D eigenvalue weighted by molar-refractivity contribution is 0.791. The third kappa shape index (κ3) is 1.98. The maximum Gasteiger partial charge on any atom is 0.344 e. The second kappa shape index (κ2) is 4.22. The summed E-state index contributed by atoms with van der Waals surface area (Å²) in [5.74, 6) is 0.633. The van der Waals surface area contributed by atoms with Crippen LogP contribution in [0.2, 0.25) is 0 Å². The Hall–Kier alpha value is -2.04. The molecule has 0 aliphatic heterocycles. The highest BCUT2D eigenvalue weighted by Crippen LogP contribution is 2.08. The minimum atomic E-state index is -0.199. The van der Waals surface area contributed by atoms with Crippen LogP contribution in [0.4, 0.5) is 5.95 Å². The topological polar surface area (TPSA) is 53.9 Å². The van der Waals surface area contributed by atoms with Gasteiger partial charge in [-0.05, 0) is 5.56 Å². The zero-order chi connectivity index (χ0) is 11.5. The lowest BCUT2D eigenvalue weighted by Gasteiger charge is -2.16. The van der Waals surface area contributed by atoms with Gasteiger partial charge >= 0.3 is 5.69 Å². The monoisotopic (exact) mass is 218 g/mol. The zero-order valence-electron chi connectivity index (χ0n) is 9.34. The zero-order valence-corrected chi connectivity index (χ0v) is 9.34. The summed E-state index contributed by atoms with van der Waals surface area (Å²) in [5.41, 5.74) is 0.982. The molecule has 1 aromatic carbocycles. The van der Waals surface area contributed by atoms with Gasteiger partial charge in [0, 0.05) is 20.6 Å². The summed E-state index contributed by atoms with van der Waals surface area (Å²) in [6, 6.07) is 10.1. The van der Waals surface area contributed by atoms with Gasteiger partial charge in [0.1, 0.15) is 0 Å². The maximum absolute atomic E-state index is 11.2. The van der Waals surface area contributed by atoms with Crippen LogP contribution in [0.1, 0.15) is 5.56 Å². The van der Waals surface area contributed by atoms with E-state index in [4.69, 9.17) is 0 Å². The predicted octanol–water partition coefficient (Wildman–Crippen LogP) is 0.745. The van der Waals surface area contributed by atoms with Gasteiger partial charge in [0.2, 0.25) is 5.95 Å². The van der Waals surface area contributed by atoms with Gasteiger partial charge in [-0.3, -0.25) is 4.57 Å². The molecule has 0 aliphatic rings. The van der Waals surface area contributed by atoms with E-state index in [2.05, 4.69) is 10.2 Å². The van der Waals surface area contributed by atoms with Crippen molar-refractivity contribution in [3.63, 3.8) is 0 Å². The summed E-state index contributed by atoms with van der Waals surface area (Å²) >= 11 is 0. The molecule has 5 nitrogen and oxygen atoms in total. The van der Waals surface area contributed by atoms with Crippen molar-refractivity contribution in [3.8, 4) is 0 Å². The summed E-state index contributed by atoms with van der Waals surface area (Å²) < 4.78 is 1.49. The van der Waals surface area contributed by atoms with Crippen LogP contribution < -0.4 is 10.6 Å². The van der Waals surface area contributed by atoms with Gasteiger partial charge in [-0.15, -0.1) is 5.10 Å². The van der Waals surface area contributed by atoms with Crippen LogP contribution in [0, 0.1) is 0 Å². The van der Waals surface area contributed by atoms with Crippen molar-refractivity contribution in [2.75, 3.05) is 11.9 Å². The fourth-order valence-electron chi connectivity index (χ4n) is 1.61. The molecule has 0 radical (unpaired) electrons. The first-order chi connectivity index (χ1) is 7.68. The Kier molecular flexibility index (Phi) is 2.76. The van der Waals surface area contributed by atoms with Gasteiger partial charge in [0.05, 0.1) is 0 Å². The SMILES string of the molecule is CN(Cc1ccccc1)c1n[nH]c(=O)n1C. The molecular formula is C11H14N4O. The smallest absolute Gasteiger partial charge is 0.340 e. The fourth-order valence-corrected chi connectivity index (χ4v) is 1.61. The van der Waals surface area contributed by atoms with Gasteiger partial charge in [-0.25, -0.2) is 9.89 Å². The average molecular weight is 218 g/mol. The van der Waals surface area contributed by atoms with Crippen molar-refractivity contribution in [1.29, 1.82) is 0 Å². The van der Waals surface area contributed by atoms with Crippen LogP contribution in [0.25, 0.3) is 0 Å². The summed E-state index contributed by atoms with van der Waals surface area (Å²) in [6.07, 6.45) is 0. The van der Waals surface area contributed by atoms with Crippen molar-refractivity contribution in [3.05, 3.63) is 46.4 Å². The van der Waals surface area contributed by atoms with Crippen molar-refractivity contribution in [1.82, 2.24) is 14.8 Å². The Morgan fingerprint density at radius 3 is 2.62 bits per heavy atom. The van der Waals surface area contributed by atoms with Crippen LogP contribution in [-0.2, 0) is 13.6 Å². The number of aromatic nitrogens is 3. The van der Waals surface area contributed by atoms with Crippen molar-refractivity contribution < 1.29 is 0 Å². The van der Waals surface area contributed by atoms with E-state index in [1.165, 1.54) is 10.1 Å². The Morgan fingerprint density at radius 1 is 1.38 bits per heavy atom. The highest BCUT2D eigenvalue weighted by molar-refractivity contribution is 5.30. The van der Waals surface area contributed by atoms with Gasteiger partial charge < -0.3 is 4.90 Å². The highest BCUT2D eigenvalue weighted by Gasteiger charge is 2.09. The van der Waals surface area contributed by atoms with Crippen LogP contribution >= 0.6 is 0 Å². The summed E-state index contributed by atoms with van der Waals surface area (Å²) in [4.78, 5) is 13.1. The maximum atomic E-state index is 11.2. The Labute approximate surface area is 93.3 Å². The number of hydrogen-bond donors (Lipinski definition) is 1. The van der Waals surface area contributed by atoms with E-state index in [-0.39, 0.29) is 5.69 Å². The number of H-pyrrole nitrogens is 1. The summed E-state index contributed by atoms with van der Waals surface area (Å²) in [5, 5.41) is 6.38. The third-order valence-corrected chi connectivity index (χ3v) is 2.46. The number of hydrogen-bond acceptors (Lipinski definition) is 3. The van der Waals surface area contributed by atoms with Crippen LogP contribution in [0.15, 0.2) is 35.1 Å². The molecule has 2 rings (SSSR count). The lowest BCUT2D eigenvalue weighted by atomic mass is 10.2. The molecule has 1 aromatic heterocycles. The van der Waals surface area contributed by atoms with Gasteiger partial charge in [0.15, 0.2) is 0 Å². The highest BCUT2D eigenvalue weighted by atomic mass is 16.1. The van der Waals surface area contributed by atoms with E-state index in [0.29, 0.717) is 5.95 Å². The van der Waals surface area contributed by atoms with Crippen molar-refractivity contribution in [2.24, 2.45) is 7.05 Å². The van der Waals surface area contributed by atoms with E-state index in [1.807, 2.05) is 42.3 Å². The summed E-state index contributed by atoms with van der Waals surface area (Å²) in [6.45, 7) is 0.721. The first-order valence-electron chi connectivity index (χ1n) is 5.05. The molecule has 0 spiro atoms. The Balaban J connectivity index is 2.18. The molecule has 5 heteroatoms. The average Bonchev–Trinajstić information content (AvgIpc) is 2.61. The van der Waals surface area contributed by atoms with Crippen LogP contribution in [0.3, 0.4) is 0 Å². The van der Waals surface area contributed by atoms with Crippen LogP contribution in [0.5, 0.6) is 0 Å². The Morgan fingerprint density at radius 2 is 2.06 bits per heavy atom. The number of nitrogens with one attached hydrogen (secondary N) is 1. The van der Waals surface area contributed by atoms with Gasteiger partial charge in [-0.1, -0.05) is 30.3 Å². The molecule has 0 saturated carbocycles. The van der Waals surface area contributed by atoms with E-state index >= 15 is 0 Å². The molecule has 0 bridgehead atoms. The van der Waals surface area contributed by atoms with E-state index in [1.54, 1.807) is 7.05 Å². The lowest BCUT2D eigenvalue weighted by Crippen LogP contribution is -2.23. The second-order valence-corrected chi connectivity index (χ2v) is 3.73. The molecule has 0 fully saturated rings. The molecule has 84 valence electrons. The predicted molar refractivity (Wildman–Crippen MR) is 62.4 cm³/mol. The molecule has 1 N–H and O–H groups in total. The first-order valence-corrected chi connectivity index (χ1v) is 5.05. The number of benzene rings is 1. The molecule has 2 aromatic rings. The van der Waals surface area contributed by atoms with Crippen molar-refractivity contribution >= 4 is 5.95 Å². The molecular weight excluding hydrogens is 204 g/mol. The number of rotatable bonds is 3. The summed E-state index contributed by atoms with van der Waals surface area (Å²) in [7, 11) is 3.60. The fraction of sp³-hybridized carbons (Fsp3) is 0.273. The Bertz CT molecular complexity index is 514. The van der Waals surface area contributed by atoms with E-state index in [9.17, 15) is 4.79 Å². The van der Waals surface area contributed by atoms with E-state index < -0.39 is 0 Å². The van der Waals surface area contributed by atoms with Gasteiger partial charge in [-0.2, -0.15) is 0 Å². The number of nitrogens with zero attached hydrogens (tertiary/aromatic N) is 3. The number of anilines is 1. The minimum absolute atomic E-state index is 0.199. The first kappa shape index (κ1) is 10.5. The van der Waals surface area contributed by atoms with Crippen molar-refractivity contribution in [2.45, 2.75) is 6.54 Å². The number of aromatic amines is 1. The molecule has 0 atom stereocenters. The van der Waals surface area contributed by atoms with Crippen LogP contribution in [-0.4, -0.2) is 21.8 Å².